The summed E-state index contributed by atoms with van der Waals surface area (Å²) < 4.78 is 5.75. The number of para-hydroxylation sites is 2. The molecule has 1 aliphatic carbocycles. The van der Waals surface area contributed by atoms with Crippen LogP contribution in [0.3, 0.4) is 0 Å². The van der Waals surface area contributed by atoms with Crippen LogP contribution in [0.5, 0.6) is 5.75 Å². The molecule has 1 aliphatic heterocycles. The smallest absolute Gasteiger partial charge is 0.227 e. The fourth-order valence-electron chi connectivity index (χ4n) is 4.33. The molecule has 5 nitrogen and oxygen atoms in total. The van der Waals surface area contributed by atoms with E-state index < -0.39 is 0 Å². The Bertz CT molecular complexity index is 944. The Labute approximate surface area is 177 Å². The number of rotatable bonds is 6. The predicted octanol–water partition coefficient (Wildman–Crippen LogP) is 3.94. The van der Waals surface area contributed by atoms with Crippen LogP contribution in [-0.2, 0) is 9.59 Å². The second kappa shape index (κ2) is 9.16. The lowest BCUT2D eigenvalue weighted by molar-refractivity contribution is -0.131. The Morgan fingerprint density at radius 3 is 2.37 bits per heavy atom. The van der Waals surface area contributed by atoms with Gasteiger partial charge < -0.3 is 14.5 Å². The monoisotopic (exact) mass is 404 g/mol. The molecule has 0 bridgehead atoms. The highest BCUT2D eigenvalue weighted by atomic mass is 16.5. The van der Waals surface area contributed by atoms with Crippen LogP contribution in [-0.4, -0.2) is 49.4 Å². The third kappa shape index (κ3) is 4.25. The van der Waals surface area contributed by atoms with Gasteiger partial charge in [-0.1, -0.05) is 42.5 Å². The SMILES string of the molecule is CCOc1ccccc1N1CCN(C(=O)CC2=C(c3ccccc3)CCC2=O)CC1. The minimum atomic E-state index is 0.0476. The zero-order valence-electron chi connectivity index (χ0n) is 17.5. The Kier molecular flexibility index (Phi) is 6.17. The van der Waals surface area contributed by atoms with E-state index in [0.29, 0.717) is 31.7 Å². The largest absolute Gasteiger partial charge is 0.492 e. The van der Waals surface area contributed by atoms with Gasteiger partial charge in [0.05, 0.1) is 18.7 Å². The number of allylic oxidation sites excluding steroid dienone is 1. The molecule has 0 N–H and O–H groups in total. The van der Waals surface area contributed by atoms with Gasteiger partial charge in [-0.2, -0.15) is 0 Å². The number of carbonyl (C=O) groups excluding carboxylic acids is 2. The number of hydrogen-bond donors (Lipinski definition) is 0. The van der Waals surface area contributed by atoms with Gasteiger partial charge in [-0.05, 0) is 36.6 Å². The third-order valence-corrected chi connectivity index (χ3v) is 5.89. The van der Waals surface area contributed by atoms with E-state index in [4.69, 9.17) is 4.74 Å². The first-order valence-electron chi connectivity index (χ1n) is 10.7. The number of amides is 1. The molecule has 1 amide bonds. The van der Waals surface area contributed by atoms with Crippen LogP contribution in [0.2, 0.25) is 0 Å². The molecule has 0 saturated carbocycles. The topological polar surface area (TPSA) is 49.9 Å². The fraction of sp³-hybridized carbons (Fsp3) is 0.360. The molecule has 0 aromatic heterocycles. The van der Waals surface area contributed by atoms with E-state index in [9.17, 15) is 9.59 Å². The number of ketones is 1. The highest BCUT2D eigenvalue weighted by Gasteiger charge is 2.29. The molecule has 0 unspecified atom stereocenters. The molecule has 2 aromatic rings. The van der Waals surface area contributed by atoms with Crippen LogP contribution in [0.1, 0.15) is 31.7 Å². The number of nitrogens with zero attached hydrogens (tertiary/aromatic N) is 2. The maximum Gasteiger partial charge on any atom is 0.227 e. The lowest BCUT2D eigenvalue weighted by atomic mass is 9.99. The number of benzene rings is 2. The number of carbonyl (C=O) groups is 2. The van der Waals surface area contributed by atoms with Gasteiger partial charge in [0.25, 0.3) is 0 Å². The minimum Gasteiger partial charge on any atom is -0.492 e. The fourth-order valence-corrected chi connectivity index (χ4v) is 4.33. The van der Waals surface area contributed by atoms with Gasteiger partial charge in [-0.15, -0.1) is 0 Å². The van der Waals surface area contributed by atoms with Crippen molar-refractivity contribution in [3.8, 4) is 5.75 Å². The summed E-state index contributed by atoms with van der Waals surface area (Å²) in [6.45, 7) is 5.43. The predicted molar refractivity (Wildman–Crippen MR) is 119 cm³/mol. The zero-order valence-corrected chi connectivity index (χ0v) is 17.5. The van der Waals surface area contributed by atoms with Gasteiger partial charge >= 0.3 is 0 Å². The normalized spacial score (nSPS) is 16.9. The summed E-state index contributed by atoms with van der Waals surface area (Å²) in [7, 11) is 0. The molecule has 1 saturated heterocycles. The number of Topliss-reactive ketones (excluding diaryl/α,β-unsaturated/α-hetero) is 1. The van der Waals surface area contributed by atoms with Gasteiger partial charge in [-0.3, -0.25) is 9.59 Å². The van der Waals surface area contributed by atoms with Crippen molar-refractivity contribution in [1.82, 2.24) is 4.90 Å². The highest BCUT2D eigenvalue weighted by molar-refractivity contribution is 6.10. The molecule has 2 aromatic carbocycles. The van der Waals surface area contributed by atoms with Gasteiger partial charge in [0.2, 0.25) is 5.91 Å². The van der Waals surface area contributed by atoms with Crippen LogP contribution < -0.4 is 9.64 Å². The van der Waals surface area contributed by atoms with Crippen LogP contribution >= 0.6 is 0 Å². The van der Waals surface area contributed by atoms with Crippen molar-refractivity contribution in [2.24, 2.45) is 0 Å². The second-order valence-electron chi connectivity index (χ2n) is 7.69. The minimum absolute atomic E-state index is 0.0476. The first-order chi connectivity index (χ1) is 14.7. The molecule has 30 heavy (non-hydrogen) atoms. The second-order valence-corrected chi connectivity index (χ2v) is 7.69. The quantitative estimate of drug-likeness (QED) is 0.732. The first-order valence-corrected chi connectivity index (χ1v) is 10.7. The van der Waals surface area contributed by atoms with Crippen molar-refractivity contribution in [2.75, 3.05) is 37.7 Å². The summed E-state index contributed by atoms with van der Waals surface area (Å²) in [4.78, 5) is 29.6. The average Bonchev–Trinajstić information content (AvgIpc) is 3.15. The number of hydrogen-bond acceptors (Lipinski definition) is 4. The summed E-state index contributed by atoms with van der Waals surface area (Å²) in [5.41, 5.74) is 3.88. The first kappa shape index (κ1) is 20.2. The average molecular weight is 405 g/mol. The summed E-state index contributed by atoms with van der Waals surface area (Å²) >= 11 is 0. The molecule has 2 aliphatic rings. The third-order valence-electron chi connectivity index (χ3n) is 5.89. The molecule has 0 spiro atoms. The summed E-state index contributed by atoms with van der Waals surface area (Å²) in [6, 6.07) is 18.0. The lowest BCUT2D eigenvalue weighted by Gasteiger charge is -2.36. The van der Waals surface area contributed by atoms with Gasteiger partial charge in [-0.25, -0.2) is 0 Å². The molecule has 0 atom stereocenters. The van der Waals surface area contributed by atoms with E-state index in [1.165, 1.54) is 0 Å². The van der Waals surface area contributed by atoms with E-state index in [2.05, 4.69) is 11.0 Å². The van der Waals surface area contributed by atoms with E-state index in [1.807, 2.05) is 60.4 Å². The van der Waals surface area contributed by atoms with Crippen molar-refractivity contribution in [1.29, 1.82) is 0 Å². The Morgan fingerprint density at radius 2 is 1.63 bits per heavy atom. The van der Waals surface area contributed by atoms with Gasteiger partial charge in [0, 0.05) is 38.2 Å². The van der Waals surface area contributed by atoms with E-state index in [1.54, 1.807) is 0 Å². The molecular formula is C25H28N2O3. The van der Waals surface area contributed by atoms with E-state index in [0.717, 1.165) is 42.1 Å². The van der Waals surface area contributed by atoms with Crippen molar-refractivity contribution < 1.29 is 14.3 Å². The van der Waals surface area contributed by atoms with Crippen LogP contribution in [0.4, 0.5) is 5.69 Å². The van der Waals surface area contributed by atoms with Crippen LogP contribution in [0, 0.1) is 0 Å². The zero-order chi connectivity index (χ0) is 20.9. The molecule has 1 heterocycles. The van der Waals surface area contributed by atoms with E-state index in [-0.39, 0.29) is 18.1 Å². The van der Waals surface area contributed by atoms with E-state index >= 15 is 0 Å². The molecule has 1 fully saturated rings. The van der Waals surface area contributed by atoms with Crippen LogP contribution in [0.15, 0.2) is 60.2 Å². The molecule has 156 valence electrons. The molecule has 5 heteroatoms. The van der Waals surface area contributed by atoms with Crippen molar-refractivity contribution in [2.45, 2.75) is 26.2 Å². The maximum absolute atomic E-state index is 13.0. The number of anilines is 1. The number of ether oxygens (including phenoxy) is 1. The van der Waals surface area contributed by atoms with Gasteiger partial charge in [0.15, 0.2) is 5.78 Å². The van der Waals surface area contributed by atoms with Crippen molar-refractivity contribution >= 4 is 23.0 Å². The van der Waals surface area contributed by atoms with Gasteiger partial charge in [0.1, 0.15) is 5.75 Å². The number of piperazine rings is 1. The summed E-state index contributed by atoms with van der Waals surface area (Å²) in [5, 5.41) is 0. The molecular weight excluding hydrogens is 376 g/mol. The van der Waals surface area contributed by atoms with Crippen LogP contribution in [0.25, 0.3) is 5.57 Å². The molecule has 4 rings (SSSR count). The maximum atomic E-state index is 13.0. The standard InChI is InChI=1S/C25H28N2O3/c1-2-30-24-11-7-6-10-22(24)26-14-16-27(17-15-26)25(29)18-21-20(12-13-23(21)28)19-8-4-3-5-9-19/h3-11H,2,12-18H2,1H3. The molecule has 0 radical (unpaired) electrons. The Hall–Kier alpha value is -3.08. The lowest BCUT2D eigenvalue weighted by Crippen LogP contribution is -2.49. The Morgan fingerprint density at radius 1 is 0.933 bits per heavy atom. The van der Waals surface area contributed by atoms with Crippen molar-refractivity contribution in [3.05, 3.63) is 65.7 Å². The summed E-state index contributed by atoms with van der Waals surface area (Å²) in [6.07, 6.45) is 1.45. The Balaban J connectivity index is 1.42. The highest BCUT2D eigenvalue weighted by Crippen LogP contribution is 2.34. The summed E-state index contributed by atoms with van der Waals surface area (Å²) in [5.74, 6) is 1.05. The van der Waals surface area contributed by atoms with Crippen molar-refractivity contribution in [3.63, 3.8) is 0 Å².